The molecule has 0 aliphatic rings. The summed E-state index contributed by atoms with van der Waals surface area (Å²) in [5.74, 6) is -0.114. The van der Waals surface area contributed by atoms with Crippen LogP contribution in [0.15, 0.2) is 18.2 Å². The minimum absolute atomic E-state index is 0.272. The first-order chi connectivity index (χ1) is 9.02. The Bertz CT molecular complexity index is 674. The maximum absolute atomic E-state index is 13.8. The highest BCUT2D eigenvalue weighted by Gasteiger charge is 2.12. The van der Waals surface area contributed by atoms with Gasteiger partial charge in [0.2, 0.25) is 0 Å². The van der Waals surface area contributed by atoms with Crippen LogP contribution in [-0.4, -0.2) is 10.2 Å². The van der Waals surface area contributed by atoms with Gasteiger partial charge in [-0.2, -0.15) is 10.4 Å². The Balaban J connectivity index is 2.44. The monoisotopic (exact) mass is 256 g/mol. The molecule has 1 heterocycles. The third-order valence-electron chi connectivity index (χ3n) is 2.94. The van der Waals surface area contributed by atoms with Gasteiger partial charge in [0.1, 0.15) is 17.4 Å². The highest BCUT2D eigenvalue weighted by atomic mass is 19.1. The summed E-state index contributed by atoms with van der Waals surface area (Å²) in [7, 11) is 0. The first-order valence-electron chi connectivity index (χ1n) is 5.80. The molecule has 0 aliphatic heterocycles. The molecule has 0 aliphatic carbocycles. The van der Waals surface area contributed by atoms with Gasteiger partial charge < -0.3 is 5.32 Å². The SMILES string of the molecule is Cc1ccc(Nc2nnc(C)c(C)c2C#N)c(F)c1. The standard InChI is InChI=1S/C14H13FN4/c1-8-4-5-13(12(15)6-8)17-14-11(7-16)9(2)10(3)18-19-14/h4-6H,1-3H3,(H,17,19). The molecule has 0 spiro atoms. The molecule has 0 saturated carbocycles. The summed E-state index contributed by atoms with van der Waals surface area (Å²) in [6, 6.07) is 6.89. The molecule has 0 fully saturated rings. The number of halogens is 1. The summed E-state index contributed by atoms with van der Waals surface area (Å²) in [6.07, 6.45) is 0. The van der Waals surface area contributed by atoms with Gasteiger partial charge in [0, 0.05) is 0 Å². The highest BCUT2D eigenvalue weighted by Crippen LogP contribution is 2.23. The summed E-state index contributed by atoms with van der Waals surface area (Å²) in [4.78, 5) is 0. The molecular formula is C14H13FN4. The fraction of sp³-hybridized carbons (Fsp3) is 0.214. The van der Waals surface area contributed by atoms with Crippen molar-refractivity contribution in [3.8, 4) is 6.07 Å². The first kappa shape index (κ1) is 13.0. The zero-order chi connectivity index (χ0) is 14.0. The lowest BCUT2D eigenvalue weighted by atomic mass is 10.1. The molecule has 0 unspecified atom stereocenters. The Morgan fingerprint density at radius 1 is 1.21 bits per heavy atom. The number of benzene rings is 1. The van der Waals surface area contributed by atoms with Gasteiger partial charge in [-0.1, -0.05) is 6.07 Å². The van der Waals surface area contributed by atoms with E-state index in [4.69, 9.17) is 5.26 Å². The summed E-state index contributed by atoms with van der Waals surface area (Å²) in [6.45, 7) is 5.38. The summed E-state index contributed by atoms with van der Waals surface area (Å²) >= 11 is 0. The van der Waals surface area contributed by atoms with Crippen molar-refractivity contribution in [2.45, 2.75) is 20.8 Å². The topological polar surface area (TPSA) is 61.6 Å². The van der Waals surface area contributed by atoms with Gasteiger partial charge in [0.15, 0.2) is 5.82 Å². The lowest BCUT2D eigenvalue weighted by Gasteiger charge is -2.10. The van der Waals surface area contributed by atoms with Crippen LogP contribution in [0.5, 0.6) is 0 Å². The number of aryl methyl sites for hydroxylation is 2. The maximum atomic E-state index is 13.8. The van der Waals surface area contributed by atoms with Crippen LogP contribution in [0.1, 0.15) is 22.4 Å². The molecule has 1 aromatic carbocycles. The lowest BCUT2D eigenvalue weighted by molar-refractivity contribution is 0.630. The minimum Gasteiger partial charge on any atom is -0.335 e. The van der Waals surface area contributed by atoms with E-state index in [1.807, 2.05) is 6.92 Å². The summed E-state index contributed by atoms with van der Waals surface area (Å²) in [5, 5.41) is 19.8. The normalized spacial score (nSPS) is 10.1. The second-order valence-electron chi connectivity index (χ2n) is 4.35. The third kappa shape index (κ3) is 2.52. The molecular weight excluding hydrogens is 243 g/mol. The van der Waals surface area contributed by atoms with Crippen LogP contribution in [0.3, 0.4) is 0 Å². The Hall–Kier alpha value is -2.48. The number of nitriles is 1. The molecule has 2 rings (SSSR count). The van der Waals surface area contributed by atoms with Gasteiger partial charge >= 0.3 is 0 Å². The first-order valence-corrected chi connectivity index (χ1v) is 5.80. The zero-order valence-electron chi connectivity index (χ0n) is 11.0. The molecule has 1 aromatic heterocycles. The van der Waals surface area contributed by atoms with Crippen LogP contribution in [0.25, 0.3) is 0 Å². The fourth-order valence-corrected chi connectivity index (χ4v) is 1.68. The fourth-order valence-electron chi connectivity index (χ4n) is 1.68. The number of rotatable bonds is 2. The Morgan fingerprint density at radius 2 is 1.95 bits per heavy atom. The van der Waals surface area contributed by atoms with Crippen molar-refractivity contribution in [1.82, 2.24) is 10.2 Å². The van der Waals surface area contributed by atoms with E-state index in [2.05, 4.69) is 21.6 Å². The van der Waals surface area contributed by atoms with Gasteiger partial charge in [-0.3, -0.25) is 0 Å². The average Bonchev–Trinajstić information content (AvgIpc) is 2.37. The van der Waals surface area contributed by atoms with E-state index in [0.29, 0.717) is 11.3 Å². The van der Waals surface area contributed by atoms with Gasteiger partial charge in [-0.15, -0.1) is 5.10 Å². The van der Waals surface area contributed by atoms with Gasteiger partial charge in [0.05, 0.1) is 11.4 Å². The number of nitrogens with zero attached hydrogens (tertiary/aromatic N) is 3. The molecule has 0 atom stereocenters. The Labute approximate surface area is 110 Å². The predicted molar refractivity (Wildman–Crippen MR) is 70.6 cm³/mol. The van der Waals surface area contributed by atoms with Crippen molar-refractivity contribution in [3.05, 3.63) is 46.4 Å². The largest absolute Gasteiger partial charge is 0.335 e. The van der Waals surface area contributed by atoms with E-state index in [1.165, 1.54) is 6.07 Å². The molecule has 96 valence electrons. The number of aromatic nitrogens is 2. The summed E-state index contributed by atoms with van der Waals surface area (Å²) < 4.78 is 13.8. The van der Waals surface area contributed by atoms with Gasteiger partial charge in [0.25, 0.3) is 0 Å². The molecule has 0 saturated heterocycles. The molecule has 0 amide bonds. The zero-order valence-corrected chi connectivity index (χ0v) is 11.0. The van der Waals surface area contributed by atoms with E-state index in [1.54, 1.807) is 26.0 Å². The predicted octanol–water partition coefficient (Wildman–Crippen LogP) is 3.16. The van der Waals surface area contributed by atoms with Crippen LogP contribution in [0, 0.1) is 37.9 Å². The van der Waals surface area contributed by atoms with Crippen LogP contribution in [0.4, 0.5) is 15.9 Å². The number of hydrogen-bond acceptors (Lipinski definition) is 4. The number of anilines is 2. The minimum atomic E-state index is -0.385. The van der Waals surface area contributed by atoms with E-state index in [-0.39, 0.29) is 17.3 Å². The van der Waals surface area contributed by atoms with Crippen LogP contribution in [0.2, 0.25) is 0 Å². The van der Waals surface area contributed by atoms with E-state index >= 15 is 0 Å². The maximum Gasteiger partial charge on any atom is 0.171 e. The van der Waals surface area contributed by atoms with E-state index in [9.17, 15) is 4.39 Å². The molecule has 19 heavy (non-hydrogen) atoms. The smallest absolute Gasteiger partial charge is 0.171 e. The van der Waals surface area contributed by atoms with Crippen molar-refractivity contribution >= 4 is 11.5 Å². The van der Waals surface area contributed by atoms with Crippen molar-refractivity contribution in [2.75, 3.05) is 5.32 Å². The van der Waals surface area contributed by atoms with Crippen LogP contribution >= 0.6 is 0 Å². The summed E-state index contributed by atoms with van der Waals surface area (Å²) in [5.41, 5.74) is 2.92. The van der Waals surface area contributed by atoms with Gasteiger partial charge in [-0.25, -0.2) is 4.39 Å². The number of nitrogens with one attached hydrogen (secondary N) is 1. The average molecular weight is 256 g/mol. The van der Waals surface area contributed by atoms with Crippen LogP contribution < -0.4 is 5.32 Å². The molecule has 5 heteroatoms. The molecule has 0 radical (unpaired) electrons. The van der Waals surface area contributed by atoms with Crippen molar-refractivity contribution in [2.24, 2.45) is 0 Å². The highest BCUT2D eigenvalue weighted by molar-refractivity contribution is 5.64. The second kappa shape index (κ2) is 5.02. The van der Waals surface area contributed by atoms with E-state index in [0.717, 1.165) is 11.1 Å². The second-order valence-corrected chi connectivity index (χ2v) is 4.35. The van der Waals surface area contributed by atoms with Gasteiger partial charge in [-0.05, 0) is 44.0 Å². The Kier molecular flexibility index (Phi) is 3.43. The van der Waals surface area contributed by atoms with Crippen molar-refractivity contribution in [3.63, 3.8) is 0 Å². The van der Waals surface area contributed by atoms with Crippen molar-refractivity contribution < 1.29 is 4.39 Å². The third-order valence-corrected chi connectivity index (χ3v) is 2.94. The molecule has 1 N–H and O–H groups in total. The van der Waals surface area contributed by atoms with Crippen molar-refractivity contribution in [1.29, 1.82) is 5.26 Å². The quantitative estimate of drug-likeness (QED) is 0.896. The van der Waals surface area contributed by atoms with E-state index < -0.39 is 0 Å². The molecule has 2 aromatic rings. The molecule has 0 bridgehead atoms. The lowest BCUT2D eigenvalue weighted by Crippen LogP contribution is -2.04. The molecule has 4 nitrogen and oxygen atoms in total. The van der Waals surface area contributed by atoms with Crippen LogP contribution in [-0.2, 0) is 0 Å². The Morgan fingerprint density at radius 3 is 2.58 bits per heavy atom. The number of hydrogen-bond donors (Lipinski definition) is 1.